The summed E-state index contributed by atoms with van der Waals surface area (Å²) in [6, 6.07) is 12.3. The van der Waals surface area contributed by atoms with Gasteiger partial charge < -0.3 is 39.4 Å². The molecule has 4 rings (SSSR count). The smallest absolute Gasteiger partial charge is 0.335 e. The predicted octanol–water partition coefficient (Wildman–Crippen LogP) is 0.437. The molecule has 0 saturated carbocycles. The highest BCUT2D eigenvalue weighted by Crippen LogP contribution is 2.33. The van der Waals surface area contributed by atoms with Crippen LogP contribution in [0.3, 0.4) is 0 Å². The van der Waals surface area contributed by atoms with Gasteiger partial charge in [-0.3, -0.25) is 4.79 Å². The van der Waals surface area contributed by atoms with Gasteiger partial charge in [-0.25, -0.2) is 4.79 Å². The Morgan fingerprint density at radius 3 is 2.35 bits per heavy atom. The number of aliphatic hydroxyl groups excluding tert-OH is 3. The minimum atomic E-state index is -1.87. The molecule has 0 aliphatic carbocycles. The van der Waals surface area contributed by atoms with Gasteiger partial charge in [0.15, 0.2) is 11.5 Å². The van der Waals surface area contributed by atoms with Gasteiger partial charge >= 0.3 is 5.97 Å². The summed E-state index contributed by atoms with van der Waals surface area (Å²) in [5.74, 6) is -1.92. The van der Waals surface area contributed by atoms with Crippen LogP contribution in [-0.4, -0.2) is 62.2 Å². The van der Waals surface area contributed by atoms with E-state index >= 15 is 0 Å². The maximum absolute atomic E-state index is 12.5. The van der Waals surface area contributed by atoms with Gasteiger partial charge in [-0.2, -0.15) is 0 Å². The Balaban J connectivity index is 1.71. The number of carboxylic acid groups (broad SMARTS) is 1. The third-order valence-electron chi connectivity index (χ3n) is 4.91. The Kier molecular flexibility index (Phi) is 5.38. The molecule has 2 heterocycles. The lowest BCUT2D eigenvalue weighted by atomic mass is 9.99. The molecule has 2 aromatic carbocycles. The van der Waals surface area contributed by atoms with Crippen molar-refractivity contribution in [3.63, 3.8) is 0 Å². The lowest BCUT2D eigenvalue weighted by Crippen LogP contribution is -2.61. The third kappa shape index (κ3) is 3.84. The highest BCUT2D eigenvalue weighted by molar-refractivity contribution is 5.86. The number of carbonyl (C=O) groups is 1. The van der Waals surface area contributed by atoms with Gasteiger partial charge in [-0.05, 0) is 0 Å². The van der Waals surface area contributed by atoms with Gasteiger partial charge in [-0.15, -0.1) is 0 Å². The molecule has 1 aliphatic heterocycles. The monoisotopic (exact) mass is 430 g/mol. The van der Waals surface area contributed by atoms with E-state index in [0.29, 0.717) is 5.56 Å². The Labute approximate surface area is 174 Å². The summed E-state index contributed by atoms with van der Waals surface area (Å²) in [7, 11) is 0. The van der Waals surface area contributed by atoms with Gasteiger partial charge in [0.05, 0.1) is 0 Å². The fraction of sp³-hybridized carbons (Fsp3) is 0.238. The Hall–Kier alpha value is -3.44. The number of phenolic OH excluding ortho intramolecular Hbond substituents is 1. The minimum absolute atomic E-state index is 0.0259. The van der Waals surface area contributed by atoms with E-state index in [1.807, 2.05) is 0 Å². The molecule has 0 radical (unpaired) electrons. The van der Waals surface area contributed by atoms with Crippen molar-refractivity contribution >= 4 is 16.9 Å². The fourth-order valence-corrected chi connectivity index (χ4v) is 3.34. The standard InChI is InChI=1S/C21H18O10/c22-11-6-10(29-21-18(26)16(24)17(25)19(31-21)20(27)28)7-14-15(11)12(23)8-13(30-14)9-4-2-1-3-5-9/h1-8,16-19,21-22,24-26H,(H,27,28)/t16-,17-,18+,19-,21+/m1/s1. The maximum atomic E-state index is 12.5. The summed E-state index contributed by atoms with van der Waals surface area (Å²) in [4.78, 5) is 23.7. The third-order valence-corrected chi connectivity index (χ3v) is 4.91. The van der Waals surface area contributed by atoms with Crippen LogP contribution >= 0.6 is 0 Å². The molecule has 5 atom stereocenters. The van der Waals surface area contributed by atoms with E-state index in [9.17, 15) is 30.0 Å². The molecule has 10 heteroatoms. The van der Waals surface area contributed by atoms with Crippen molar-refractivity contribution in [3.05, 3.63) is 58.8 Å². The number of carboxylic acids is 1. The summed E-state index contributed by atoms with van der Waals surface area (Å²) in [6.07, 6.45) is -9.04. The molecule has 0 spiro atoms. The average Bonchev–Trinajstić information content (AvgIpc) is 2.74. The molecule has 1 saturated heterocycles. The molecule has 0 bridgehead atoms. The molecule has 1 aromatic heterocycles. The second-order valence-corrected chi connectivity index (χ2v) is 7.01. The first-order valence-corrected chi connectivity index (χ1v) is 9.21. The van der Waals surface area contributed by atoms with Crippen molar-refractivity contribution in [2.45, 2.75) is 30.7 Å². The highest BCUT2D eigenvalue weighted by Gasteiger charge is 2.48. The van der Waals surface area contributed by atoms with Crippen LogP contribution in [-0.2, 0) is 9.53 Å². The Morgan fingerprint density at radius 1 is 0.968 bits per heavy atom. The van der Waals surface area contributed by atoms with Crippen LogP contribution in [0.5, 0.6) is 11.5 Å². The van der Waals surface area contributed by atoms with E-state index < -0.39 is 47.9 Å². The van der Waals surface area contributed by atoms with E-state index in [-0.39, 0.29) is 22.5 Å². The first-order valence-electron chi connectivity index (χ1n) is 9.21. The number of benzene rings is 2. The zero-order valence-electron chi connectivity index (χ0n) is 15.8. The number of fused-ring (bicyclic) bond motifs is 1. The Bertz CT molecular complexity index is 1170. The first-order chi connectivity index (χ1) is 14.8. The lowest BCUT2D eigenvalue weighted by Gasteiger charge is -2.38. The normalized spacial score (nSPS) is 26.0. The highest BCUT2D eigenvalue weighted by atomic mass is 16.7. The quantitative estimate of drug-likeness (QED) is 0.392. The molecule has 162 valence electrons. The van der Waals surface area contributed by atoms with Crippen LogP contribution < -0.4 is 10.2 Å². The average molecular weight is 430 g/mol. The van der Waals surface area contributed by atoms with Crippen molar-refractivity contribution in [2.24, 2.45) is 0 Å². The van der Waals surface area contributed by atoms with Gasteiger partial charge in [0.25, 0.3) is 0 Å². The number of hydrogen-bond acceptors (Lipinski definition) is 9. The van der Waals surface area contributed by atoms with Crippen molar-refractivity contribution in [3.8, 4) is 22.8 Å². The van der Waals surface area contributed by atoms with Crippen LogP contribution in [0.25, 0.3) is 22.3 Å². The summed E-state index contributed by atoms with van der Waals surface area (Å²) < 4.78 is 16.2. The molecule has 1 aliphatic rings. The zero-order valence-corrected chi connectivity index (χ0v) is 15.8. The lowest BCUT2D eigenvalue weighted by molar-refractivity contribution is -0.271. The van der Waals surface area contributed by atoms with E-state index in [2.05, 4.69) is 0 Å². The fourth-order valence-electron chi connectivity index (χ4n) is 3.34. The molecule has 1 fully saturated rings. The van der Waals surface area contributed by atoms with E-state index in [4.69, 9.17) is 19.0 Å². The van der Waals surface area contributed by atoms with Gasteiger partial charge in [0.2, 0.25) is 6.29 Å². The van der Waals surface area contributed by atoms with Gasteiger partial charge in [0.1, 0.15) is 46.5 Å². The molecule has 10 nitrogen and oxygen atoms in total. The maximum Gasteiger partial charge on any atom is 0.335 e. The largest absolute Gasteiger partial charge is 0.507 e. The molecule has 3 aromatic rings. The molecule has 0 unspecified atom stereocenters. The number of aromatic hydroxyl groups is 1. The zero-order chi connectivity index (χ0) is 22.3. The van der Waals surface area contributed by atoms with Crippen molar-refractivity contribution in [2.75, 3.05) is 0 Å². The molecule has 31 heavy (non-hydrogen) atoms. The molecular weight excluding hydrogens is 412 g/mol. The summed E-state index contributed by atoms with van der Waals surface area (Å²) in [5.41, 5.74) is 0.101. The number of aliphatic carboxylic acids is 1. The van der Waals surface area contributed by atoms with Crippen LogP contribution in [0.4, 0.5) is 0 Å². The van der Waals surface area contributed by atoms with E-state index in [0.717, 1.165) is 6.07 Å². The summed E-state index contributed by atoms with van der Waals surface area (Å²) >= 11 is 0. The van der Waals surface area contributed by atoms with Crippen molar-refractivity contribution < 1.29 is 44.2 Å². The van der Waals surface area contributed by atoms with Crippen LogP contribution in [0.15, 0.2) is 57.7 Å². The number of hydrogen-bond donors (Lipinski definition) is 5. The van der Waals surface area contributed by atoms with Crippen LogP contribution in [0.2, 0.25) is 0 Å². The molecule has 0 amide bonds. The topological polar surface area (TPSA) is 167 Å². The number of ether oxygens (including phenoxy) is 2. The van der Waals surface area contributed by atoms with E-state index in [1.165, 1.54) is 12.1 Å². The summed E-state index contributed by atoms with van der Waals surface area (Å²) in [5, 5.41) is 49.1. The second kappa shape index (κ2) is 8.00. The SMILES string of the molecule is O=C(O)[C@@H]1O[C@H](Oc2cc(O)c3c(=O)cc(-c4ccccc4)oc3c2)[C@@H](O)[C@H](O)[C@H]1O. The van der Waals surface area contributed by atoms with Gasteiger partial charge in [-0.1, -0.05) is 30.3 Å². The number of phenols is 1. The van der Waals surface area contributed by atoms with Crippen molar-refractivity contribution in [1.29, 1.82) is 0 Å². The van der Waals surface area contributed by atoms with Gasteiger partial charge in [0, 0.05) is 23.8 Å². The number of aliphatic hydroxyl groups is 3. The second-order valence-electron chi connectivity index (χ2n) is 7.01. The first kappa shape index (κ1) is 20.8. The minimum Gasteiger partial charge on any atom is -0.507 e. The van der Waals surface area contributed by atoms with Crippen LogP contribution in [0.1, 0.15) is 0 Å². The summed E-state index contributed by atoms with van der Waals surface area (Å²) in [6.45, 7) is 0. The van der Waals surface area contributed by atoms with Crippen LogP contribution in [0, 0.1) is 0 Å². The molecule has 5 N–H and O–H groups in total. The number of rotatable bonds is 4. The predicted molar refractivity (Wildman–Crippen MR) is 105 cm³/mol. The van der Waals surface area contributed by atoms with Crippen molar-refractivity contribution in [1.82, 2.24) is 0 Å². The Morgan fingerprint density at radius 2 is 1.68 bits per heavy atom. The van der Waals surface area contributed by atoms with E-state index in [1.54, 1.807) is 30.3 Å². The molecular formula is C21H18O10.